The van der Waals surface area contributed by atoms with Gasteiger partial charge in [-0.3, -0.25) is 4.79 Å². The molecule has 0 bridgehead atoms. The van der Waals surface area contributed by atoms with E-state index in [0.717, 1.165) is 29.1 Å². The van der Waals surface area contributed by atoms with Gasteiger partial charge >= 0.3 is 0 Å². The number of benzene rings is 1. The number of ether oxygens (including phenoxy) is 1. The van der Waals surface area contributed by atoms with Crippen LogP contribution in [0.1, 0.15) is 5.56 Å². The molecule has 0 amide bonds. The average molecular weight is 442 g/mol. The fourth-order valence-electron chi connectivity index (χ4n) is 3.27. The third kappa shape index (κ3) is 3.62. The summed E-state index contributed by atoms with van der Waals surface area (Å²) in [6.07, 6.45) is 2.76. The average Bonchev–Trinajstić information content (AvgIpc) is 3.24. The minimum atomic E-state index is -0.215. The molecular weight excluding hydrogens is 426 g/mol. The quantitative estimate of drug-likeness (QED) is 0.381. The Hall–Kier alpha value is -3.01. The first kappa shape index (κ1) is 19.0. The normalized spacial score (nSPS) is 14.8. The molecule has 1 N–H and O–H groups in total. The highest BCUT2D eigenvalue weighted by molar-refractivity contribution is 7.16. The first-order valence-electron chi connectivity index (χ1n) is 9.27. The second kappa shape index (κ2) is 8.02. The second-order valence-corrected chi connectivity index (χ2v) is 7.97. The zero-order valence-corrected chi connectivity index (χ0v) is 17.2. The van der Waals surface area contributed by atoms with Crippen molar-refractivity contribution in [2.24, 2.45) is 5.10 Å². The lowest BCUT2D eigenvalue weighted by Crippen LogP contribution is -2.37. The third-order valence-corrected chi connectivity index (χ3v) is 5.79. The molecule has 0 radical (unpaired) electrons. The number of halogens is 1. The van der Waals surface area contributed by atoms with Crippen molar-refractivity contribution < 1.29 is 9.15 Å². The van der Waals surface area contributed by atoms with Gasteiger partial charge in [-0.25, -0.2) is 10.4 Å². The second-order valence-electron chi connectivity index (χ2n) is 6.64. The van der Waals surface area contributed by atoms with Gasteiger partial charge in [0, 0.05) is 18.1 Å². The maximum atomic E-state index is 12.6. The van der Waals surface area contributed by atoms with Crippen LogP contribution >= 0.6 is 22.9 Å². The Bertz CT molecular complexity index is 1310. The molecule has 1 aliphatic rings. The molecule has 1 fully saturated rings. The van der Waals surface area contributed by atoms with Gasteiger partial charge in [0.1, 0.15) is 22.5 Å². The summed E-state index contributed by atoms with van der Waals surface area (Å²) in [6, 6.07) is 6.93. The Labute approximate surface area is 179 Å². The van der Waals surface area contributed by atoms with E-state index in [4.69, 9.17) is 20.8 Å². The highest BCUT2D eigenvalue weighted by atomic mass is 35.5. The van der Waals surface area contributed by atoms with Gasteiger partial charge < -0.3 is 14.1 Å². The number of nitrogens with zero attached hydrogens (tertiary/aromatic N) is 4. The van der Waals surface area contributed by atoms with Crippen molar-refractivity contribution in [3.8, 4) is 0 Å². The summed E-state index contributed by atoms with van der Waals surface area (Å²) in [6.45, 7) is 2.87. The first-order valence-corrected chi connectivity index (χ1v) is 10.5. The number of morpholine rings is 1. The van der Waals surface area contributed by atoms with Crippen LogP contribution in [-0.4, -0.2) is 42.5 Å². The molecule has 5 rings (SSSR count). The van der Waals surface area contributed by atoms with Gasteiger partial charge in [0.25, 0.3) is 0 Å². The van der Waals surface area contributed by atoms with Crippen LogP contribution in [0.4, 0.5) is 11.8 Å². The van der Waals surface area contributed by atoms with E-state index in [2.05, 4.69) is 25.4 Å². The Kier molecular flexibility index (Phi) is 5.07. The van der Waals surface area contributed by atoms with Crippen LogP contribution in [0.25, 0.3) is 21.2 Å². The van der Waals surface area contributed by atoms with Gasteiger partial charge in [0.2, 0.25) is 11.4 Å². The highest BCUT2D eigenvalue weighted by Gasteiger charge is 2.18. The molecule has 1 saturated heterocycles. The van der Waals surface area contributed by atoms with E-state index in [1.54, 1.807) is 18.2 Å². The van der Waals surface area contributed by atoms with Gasteiger partial charge in [-0.15, -0.1) is 11.3 Å². The number of fused-ring (bicyclic) bond motifs is 2. The van der Waals surface area contributed by atoms with Gasteiger partial charge in [-0.05, 0) is 29.6 Å². The summed E-state index contributed by atoms with van der Waals surface area (Å²) >= 11 is 7.53. The largest absolute Gasteiger partial charge is 0.463 e. The van der Waals surface area contributed by atoms with E-state index < -0.39 is 0 Å². The molecule has 4 aromatic rings. The van der Waals surface area contributed by atoms with Crippen LogP contribution in [-0.2, 0) is 4.74 Å². The van der Waals surface area contributed by atoms with Gasteiger partial charge in [0.15, 0.2) is 0 Å². The molecule has 3 aromatic heterocycles. The topological polar surface area (TPSA) is 92.9 Å². The van der Waals surface area contributed by atoms with Gasteiger partial charge in [-0.1, -0.05) is 11.6 Å². The summed E-state index contributed by atoms with van der Waals surface area (Å²) < 4.78 is 10.9. The molecule has 152 valence electrons. The maximum absolute atomic E-state index is 12.6. The van der Waals surface area contributed by atoms with Gasteiger partial charge in [-0.2, -0.15) is 10.1 Å². The predicted octanol–water partition coefficient (Wildman–Crippen LogP) is 3.73. The predicted molar refractivity (Wildman–Crippen MR) is 119 cm³/mol. The molecule has 30 heavy (non-hydrogen) atoms. The minimum absolute atomic E-state index is 0.215. The van der Waals surface area contributed by atoms with Crippen molar-refractivity contribution in [3.05, 3.63) is 56.7 Å². The Morgan fingerprint density at radius 2 is 2.07 bits per heavy atom. The third-order valence-electron chi connectivity index (χ3n) is 4.75. The van der Waals surface area contributed by atoms with Crippen molar-refractivity contribution in [2.75, 3.05) is 36.6 Å². The Morgan fingerprint density at radius 1 is 1.20 bits per heavy atom. The SMILES string of the molecule is O=c1c(/C=N/Nc2nc(N3CCOCC3)c3ccsc3n2)coc2ccc(Cl)cc12. The van der Waals surface area contributed by atoms with Crippen molar-refractivity contribution in [3.63, 3.8) is 0 Å². The van der Waals surface area contributed by atoms with Crippen LogP contribution < -0.4 is 15.8 Å². The molecule has 0 saturated carbocycles. The zero-order valence-electron chi connectivity index (χ0n) is 15.7. The van der Waals surface area contributed by atoms with E-state index in [0.29, 0.717) is 40.7 Å². The van der Waals surface area contributed by atoms with E-state index in [-0.39, 0.29) is 5.43 Å². The summed E-state index contributed by atoms with van der Waals surface area (Å²) in [7, 11) is 0. The number of thiophene rings is 1. The fourth-order valence-corrected chi connectivity index (χ4v) is 4.20. The van der Waals surface area contributed by atoms with Crippen LogP contribution in [0.2, 0.25) is 5.02 Å². The van der Waals surface area contributed by atoms with Crippen molar-refractivity contribution >= 4 is 62.1 Å². The van der Waals surface area contributed by atoms with Crippen LogP contribution in [0.3, 0.4) is 0 Å². The number of anilines is 2. The lowest BCUT2D eigenvalue weighted by atomic mass is 10.2. The molecule has 1 aliphatic heterocycles. The van der Waals surface area contributed by atoms with Crippen molar-refractivity contribution in [2.45, 2.75) is 0 Å². The summed E-state index contributed by atoms with van der Waals surface area (Å²) in [5, 5.41) is 8.01. The minimum Gasteiger partial charge on any atom is -0.463 e. The monoisotopic (exact) mass is 441 g/mol. The van der Waals surface area contributed by atoms with E-state index in [9.17, 15) is 4.79 Å². The lowest BCUT2D eigenvalue weighted by Gasteiger charge is -2.28. The van der Waals surface area contributed by atoms with E-state index >= 15 is 0 Å². The van der Waals surface area contributed by atoms with E-state index in [1.165, 1.54) is 23.8 Å². The first-order chi connectivity index (χ1) is 14.7. The maximum Gasteiger partial charge on any atom is 0.246 e. The van der Waals surface area contributed by atoms with Crippen LogP contribution in [0.5, 0.6) is 0 Å². The number of hydrazone groups is 1. The number of hydrogen-bond donors (Lipinski definition) is 1. The van der Waals surface area contributed by atoms with Gasteiger partial charge in [0.05, 0.1) is 35.8 Å². The summed E-state index contributed by atoms with van der Waals surface area (Å²) in [5.41, 5.74) is 3.38. The molecule has 0 aliphatic carbocycles. The molecule has 4 heterocycles. The fraction of sp³-hybridized carbons (Fsp3) is 0.200. The standard InChI is InChI=1S/C20H16ClN5O3S/c21-13-1-2-16-15(9-13)17(27)12(11-29-16)10-22-25-20-23-18(26-4-6-28-7-5-26)14-3-8-30-19(14)24-20/h1-3,8-11H,4-7H2,(H,23,24,25)/b22-10+. The van der Waals surface area contributed by atoms with Crippen molar-refractivity contribution in [1.29, 1.82) is 0 Å². The molecule has 0 atom stereocenters. The van der Waals surface area contributed by atoms with Crippen molar-refractivity contribution in [1.82, 2.24) is 9.97 Å². The molecular formula is C20H16ClN5O3S. The Balaban J connectivity index is 1.44. The number of rotatable bonds is 4. The van der Waals surface area contributed by atoms with E-state index in [1.807, 2.05) is 11.4 Å². The zero-order chi connectivity index (χ0) is 20.5. The van der Waals surface area contributed by atoms with Crippen LogP contribution in [0.15, 0.2) is 50.2 Å². The number of aromatic nitrogens is 2. The molecule has 0 unspecified atom stereocenters. The smallest absolute Gasteiger partial charge is 0.246 e. The summed E-state index contributed by atoms with van der Waals surface area (Å²) in [5.74, 6) is 1.21. The molecule has 1 aromatic carbocycles. The summed E-state index contributed by atoms with van der Waals surface area (Å²) in [4.78, 5) is 24.8. The molecule has 0 spiro atoms. The molecule has 10 heteroatoms. The Morgan fingerprint density at radius 3 is 2.93 bits per heavy atom. The number of hydrogen-bond acceptors (Lipinski definition) is 9. The highest BCUT2D eigenvalue weighted by Crippen LogP contribution is 2.29. The number of nitrogens with one attached hydrogen (secondary N) is 1. The lowest BCUT2D eigenvalue weighted by molar-refractivity contribution is 0.122. The molecule has 8 nitrogen and oxygen atoms in total. The van der Waals surface area contributed by atoms with Crippen LogP contribution in [0, 0.1) is 0 Å².